The van der Waals surface area contributed by atoms with Crippen LogP contribution in [0.3, 0.4) is 0 Å². The van der Waals surface area contributed by atoms with Gasteiger partial charge in [0.1, 0.15) is 5.60 Å². The van der Waals surface area contributed by atoms with E-state index in [4.69, 9.17) is 4.74 Å². The molecule has 0 bridgehead atoms. The molecule has 2 N–H and O–H groups in total. The van der Waals surface area contributed by atoms with Crippen molar-refractivity contribution in [2.24, 2.45) is 5.92 Å². The first kappa shape index (κ1) is 14.9. The van der Waals surface area contributed by atoms with E-state index in [1.165, 1.54) is 13.8 Å². The molecular formula is C14H14F2N2O4. The second-order valence-electron chi connectivity index (χ2n) is 5.64. The van der Waals surface area contributed by atoms with Crippen LogP contribution in [0.25, 0.3) is 0 Å². The SMILES string of the molecule is CC#CC1(F)C2CC2([C@@H](C)O)O[C@H]1n1cc(F)c(=O)[nH]c1=O. The minimum atomic E-state index is -2.25. The fourth-order valence-electron chi connectivity index (χ4n) is 3.15. The van der Waals surface area contributed by atoms with Crippen molar-refractivity contribution < 1.29 is 18.6 Å². The Morgan fingerprint density at radius 2 is 2.27 bits per heavy atom. The molecule has 0 amide bonds. The molecule has 5 atom stereocenters. The van der Waals surface area contributed by atoms with Crippen LogP contribution in [0.15, 0.2) is 15.8 Å². The van der Waals surface area contributed by atoms with Crippen LogP contribution in [0.4, 0.5) is 8.78 Å². The predicted octanol–water partition coefficient (Wildman–Crippen LogP) is 0.0756. The first-order chi connectivity index (χ1) is 10.3. The summed E-state index contributed by atoms with van der Waals surface area (Å²) >= 11 is 0. The molecule has 0 aromatic carbocycles. The molecule has 1 aromatic heterocycles. The van der Waals surface area contributed by atoms with Crippen molar-refractivity contribution >= 4 is 0 Å². The van der Waals surface area contributed by atoms with Crippen molar-refractivity contribution in [2.45, 2.75) is 43.9 Å². The number of hydrogen-bond donors (Lipinski definition) is 2. The van der Waals surface area contributed by atoms with Crippen molar-refractivity contribution in [3.05, 3.63) is 32.9 Å². The topological polar surface area (TPSA) is 84.3 Å². The maximum Gasteiger partial charge on any atom is 0.330 e. The third-order valence-corrected chi connectivity index (χ3v) is 4.35. The number of alkyl halides is 1. The molecule has 1 saturated heterocycles. The Morgan fingerprint density at radius 3 is 2.86 bits per heavy atom. The summed E-state index contributed by atoms with van der Waals surface area (Å²) in [4.78, 5) is 24.7. The van der Waals surface area contributed by atoms with Crippen LogP contribution >= 0.6 is 0 Å². The summed E-state index contributed by atoms with van der Waals surface area (Å²) in [6.45, 7) is 2.89. The van der Waals surface area contributed by atoms with E-state index in [2.05, 4.69) is 11.8 Å². The Morgan fingerprint density at radius 1 is 1.59 bits per heavy atom. The largest absolute Gasteiger partial charge is 0.390 e. The first-order valence-electron chi connectivity index (χ1n) is 6.76. The lowest BCUT2D eigenvalue weighted by molar-refractivity contribution is -0.113. The highest BCUT2D eigenvalue weighted by molar-refractivity contribution is 5.33. The molecule has 0 spiro atoms. The van der Waals surface area contributed by atoms with Crippen molar-refractivity contribution in [3.63, 3.8) is 0 Å². The van der Waals surface area contributed by atoms with Crippen molar-refractivity contribution in [1.82, 2.24) is 9.55 Å². The maximum atomic E-state index is 15.3. The molecule has 118 valence electrons. The quantitative estimate of drug-likeness (QED) is 0.757. The molecule has 3 unspecified atom stereocenters. The first-order valence-corrected chi connectivity index (χ1v) is 6.76. The monoisotopic (exact) mass is 312 g/mol. The molecule has 6 nitrogen and oxygen atoms in total. The number of aliphatic hydroxyl groups is 1. The van der Waals surface area contributed by atoms with Crippen molar-refractivity contribution in [3.8, 4) is 11.8 Å². The lowest BCUT2D eigenvalue weighted by Gasteiger charge is -2.26. The number of nitrogens with one attached hydrogen (secondary N) is 1. The van der Waals surface area contributed by atoms with Gasteiger partial charge in [0.2, 0.25) is 11.5 Å². The second-order valence-corrected chi connectivity index (χ2v) is 5.64. The van der Waals surface area contributed by atoms with Crippen LogP contribution in [-0.4, -0.2) is 32.0 Å². The van der Waals surface area contributed by atoms with E-state index in [0.29, 0.717) is 10.8 Å². The molecule has 2 fully saturated rings. The Bertz CT molecular complexity index is 806. The fourth-order valence-corrected chi connectivity index (χ4v) is 3.15. The summed E-state index contributed by atoms with van der Waals surface area (Å²) < 4.78 is 35.0. The number of rotatable bonds is 2. The van der Waals surface area contributed by atoms with E-state index in [1.54, 1.807) is 4.98 Å². The number of nitrogens with zero attached hydrogens (tertiary/aromatic N) is 1. The number of aromatic amines is 1. The van der Waals surface area contributed by atoms with Gasteiger partial charge in [-0.05, 0) is 20.3 Å². The number of H-pyrrole nitrogens is 1. The van der Waals surface area contributed by atoms with Gasteiger partial charge in [0, 0.05) is 5.92 Å². The maximum absolute atomic E-state index is 15.3. The van der Waals surface area contributed by atoms with Crippen LogP contribution in [0.2, 0.25) is 0 Å². The molecular weight excluding hydrogens is 298 g/mol. The van der Waals surface area contributed by atoms with E-state index in [-0.39, 0.29) is 6.42 Å². The van der Waals surface area contributed by atoms with Gasteiger partial charge in [0.05, 0.1) is 12.3 Å². The highest BCUT2D eigenvalue weighted by Gasteiger charge is 2.77. The standard InChI is InChI=1S/C14H14F2N2O4/c1-3-4-13(16)9-5-14(9,7(2)19)22-11(13)18-6-8(15)10(20)17-12(18)21/h6-7,9,11,19H,5H2,1-2H3,(H,17,20,21)/t7-,9?,11-,13?,14?/m1/s1. The molecule has 8 heteroatoms. The minimum absolute atomic E-state index is 0.257. The van der Waals surface area contributed by atoms with Gasteiger partial charge >= 0.3 is 5.69 Å². The third kappa shape index (κ3) is 1.79. The van der Waals surface area contributed by atoms with E-state index in [0.717, 1.165) is 0 Å². The van der Waals surface area contributed by atoms with Crippen LogP contribution in [-0.2, 0) is 4.74 Å². The zero-order valence-electron chi connectivity index (χ0n) is 11.9. The molecule has 22 heavy (non-hydrogen) atoms. The normalized spacial score (nSPS) is 37.1. The third-order valence-electron chi connectivity index (χ3n) is 4.35. The average molecular weight is 312 g/mol. The van der Waals surface area contributed by atoms with Gasteiger partial charge in [-0.25, -0.2) is 9.18 Å². The van der Waals surface area contributed by atoms with Gasteiger partial charge in [-0.15, -0.1) is 5.92 Å². The van der Waals surface area contributed by atoms with Gasteiger partial charge in [0.25, 0.3) is 5.56 Å². The van der Waals surface area contributed by atoms with Crippen LogP contribution < -0.4 is 11.2 Å². The van der Waals surface area contributed by atoms with E-state index >= 15 is 4.39 Å². The summed E-state index contributed by atoms with van der Waals surface area (Å²) in [6, 6.07) is 0. The smallest absolute Gasteiger partial charge is 0.330 e. The summed E-state index contributed by atoms with van der Waals surface area (Å²) in [5.74, 6) is 2.86. The average Bonchev–Trinajstić information content (AvgIpc) is 3.12. The van der Waals surface area contributed by atoms with Crippen molar-refractivity contribution in [1.29, 1.82) is 0 Å². The van der Waals surface area contributed by atoms with Gasteiger partial charge < -0.3 is 9.84 Å². The predicted molar refractivity (Wildman–Crippen MR) is 71.2 cm³/mol. The van der Waals surface area contributed by atoms with Gasteiger partial charge in [-0.2, -0.15) is 4.39 Å². The number of fused-ring (bicyclic) bond motifs is 1. The molecule has 0 radical (unpaired) electrons. The van der Waals surface area contributed by atoms with Gasteiger partial charge in [-0.3, -0.25) is 14.3 Å². The van der Waals surface area contributed by atoms with Gasteiger partial charge in [-0.1, -0.05) is 5.92 Å². The Balaban J connectivity index is 2.14. The molecule has 1 aliphatic carbocycles. The molecule has 3 rings (SSSR count). The van der Waals surface area contributed by atoms with E-state index in [9.17, 15) is 19.1 Å². The highest BCUT2D eigenvalue weighted by atomic mass is 19.1. The lowest BCUT2D eigenvalue weighted by atomic mass is 9.97. The number of hydrogen-bond acceptors (Lipinski definition) is 4. The fraction of sp³-hybridized carbons (Fsp3) is 0.571. The highest BCUT2D eigenvalue weighted by Crippen LogP contribution is 2.66. The zero-order valence-corrected chi connectivity index (χ0v) is 11.9. The summed E-state index contributed by atoms with van der Waals surface area (Å²) in [6.07, 6.45) is -1.66. The summed E-state index contributed by atoms with van der Waals surface area (Å²) in [5, 5.41) is 9.83. The zero-order chi connectivity index (χ0) is 16.3. The molecule has 1 aliphatic heterocycles. The van der Waals surface area contributed by atoms with Crippen LogP contribution in [0.1, 0.15) is 26.5 Å². The summed E-state index contributed by atoms with van der Waals surface area (Å²) in [5.41, 5.74) is -5.59. The van der Waals surface area contributed by atoms with Crippen LogP contribution in [0, 0.1) is 23.6 Å². The molecule has 1 aromatic rings. The molecule has 2 heterocycles. The van der Waals surface area contributed by atoms with Crippen LogP contribution in [0.5, 0.6) is 0 Å². The molecule has 2 aliphatic rings. The number of aromatic nitrogens is 2. The minimum Gasteiger partial charge on any atom is -0.390 e. The lowest BCUT2D eigenvalue weighted by Crippen LogP contribution is -2.42. The number of aliphatic hydroxyl groups excluding tert-OH is 1. The Labute approximate surface area is 123 Å². The van der Waals surface area contributed by atoms with Crippen molar-refractivity contribution in [2.75, 3.05) is 0 Å². The summed E-state index contributed by atoms with van der Waals surface area (Å²) in [7, 11) is 0. The number of ether oxygens (including phenoxy) is 1. The van der Waals surface area contributed by atoms with E-state index in [1.807, 2.05) is 0 Å². The Kier molecular flexibility index (Phi) is 3.06. The molecule has 1 saturated carbocycles. The van der Waals surface area contributed by atoms with E-state index < -0.39 is 46.6 Å². The van der Waals surface area contributed by atoms with Gasteiger partial charge in [0.15, 0.2) is 6.23 Å². The Hall–Kier alpha value is -1.98. The number of halogens is 2. The second kappa shape index (κ2) is 4.51.